The van der Waals surface area contributed by atoms with E-state index in [0.29, 0.717) is 12.3 Å². The summed E-state index contributed by atoms with van der Waals surface area (Å²) < 4.78 is 6.08. The third kappa shape index (κ3) is 3.46. The van der Waals surface area contributed by atoms with Crippen molar-refractivity contribution in [1.29, 1.82) is 0 Å². The van der Waals surface area contributed by atoms with Crippen LogP contribution in [0.4, 0.5) is 0 Å². The molecule has 1 aromatic carbocycles. The largest absolute Gasteiger partial charge is 0.454 e. The molecule has 1 aromatic rings. The monoisotopic (exact) mass is 289 g/mol. The first-order valence-electron chi connectivity index (χ1n) is 8.08. The summed E-state index contributed by atoms with van der Waals surface area (Å²) in [5.41, 5.74) is 0.683. The van der Waals surface area contributed by atoms with Gasteiger partial charge in [0.1, 0.15) is 5.60 Å². The molecule has 1 heterocycles. The topological polar surface area (TPSA) is 29.5 Å². The summed E-state index contributed by atoms with van der Waals surface area (Å²) in [7, 11) is 2.14. The highest BCUT2D eigenvalue weighted by Gasteiger charge is 2.45. The van der Waals surface area contributed by atoms with Crippen molar-refractivity contribution in [2.24, 2.45) is 5.92 Å². The van der Waals surface area contributed by atoms with E-state index in [1.807, 2.05) is 25.1 Å². The molecule has 0 unspecified atom stereocenters. The van der Waals surface area contributed by atoms with Crippen molar-refractivity contribution < 1.29 is 9.53 Å². The average molecular weight is 289 g/mol. The van der Waals surface area contributed by atoms with E-state index in [0.717, 1.165) is 37.9 Å². The molecule has 0 saturated carbocycles. The SMILES string of the molecule is CCC[C@@](OC(=O)CC)(c1ccccc1)[C@H]1CCN(C)C1. The minimum atomic E-state index is -0.464. The van der Waals surface area contributed by atoms with Crippen molar-refractivity contribution in [3.05, 3.63) is 35.9 Å². The molecule has 116 valence electrons. The molecule has 3 heteroatoms. The van der Waals surface area contributed by atoms with Crippen LogP contribution >= 0.6 is 0 Å². The third-order valence-corrected chi connectivity index (χ3v) is 4.52. The van der Waals surface area contributed by atoms with E-state index in [4.69, 9.17) is 4.74 Å². The molecule has 0 aliphatic carbocycles. The molecule has 21 heavy (non-hydrogen) atoms. The quantitative estimate of drug-likeness (QED) is 0.750. The molecule has 2 atom stereocenters. The first kappa shape index (κ1) is 16.0. The molecule has 0 aromatic heterocycles. The molecule has 2 rings (SSSR count). The van der Waals surface area contributed by atoms with Gasteiger partial charge in [-0.15, -0.1) is 0 Å². The standard InChI is InChI=1S/C18H27NO2/c1-4-12-18(21-17(20)5-2,15-9-7-6-8-10-15)16-11-13-19(3)14-16/h6-10,16H,4-5,11-14H2,1-3H3/t16-,18+/m0/s1. The summed E-state index contributed by atoms with van der Waals surface area (Å²) >= 11 is 0. The molecule has 1 aliphatic heterocycles. The number of carbonyl (C=O) groups excluding carboxylic acids is 1. The zero-order chi connectivity index (χ0) is 15.3. The molecule has 0 N–H and O–H groups in total. The lowest BCUT2D eigenvalue weighted by atomic mass is 9.77. The first-order valence-corrected chi connectivity index (χ1v) is 8.08. The van der Waals surface area contributed by atoms with Crippen LogP contribution in [-0.4, -0.2) is 31.0 Å². The highest BCUT2D eigenvalue weighted by Crippen LogP contribution is 2.42. The fraction of sp³-hybridized carbons (Fsp3) is 0.611. The molecule has 3 nitrogen and oxygen atoms in total. The number of ether oxygens (including phenoxy) is 1. The fourth-order valence-electron chi connectivity index (χ4n) is 3.46. The van der Waals surface area contributed by atoms with Crippen LogP contribution in [0.2, 0.25) is 0 Å². The number of rotatable bonds is 6. The van der Waals surface area contributed by atoms with E-state index in [1.165, 1.54) is 0 Å². The lowest BCUT2D eigenvalue weighted by molar-refractivity contribution is -0.169. The van der Waals surface area contributed by atoms with Gasteiger partial charge in [0.2, 0.25) is 0 Å². The third-order valence-electron chi connectivity index (χ3n) is 4.52. The Balaban J connectivity index is 2.40. The summed E-state index contributed by atoms with van der Waals surface area (Å²) in [6.07, 6.45) is 3.41. The van der Waals surface area contributed by atoms with E-state index in [9.17, 15) is 4.79 Å². The number of esters is 1. The second-order valence-electron chi connectivity index (χ2n) is 6.08. The van der Waals surface area contributed by atoms with Crippen LogP contribution in [0.1, 0.15) is 45.1 Å². The maximum absolute atomic E-state index is 12.1. The van der Waals surface area contributed by atoms with Gasteiger partial charge in [-0.2, -0.15) is 0 Å². The number of likely N-dealkylation sites (tertiary alicyclic amines) is 1. The van der Waals surface area contributed by atoms with E-state index in [1.54, 1.807) is 0 Å². The van der Waals surface area contributed by atoms with Crippen molar-refractivity contribution in [2.45, 2.75) is 45.1 Å². The smallest absolute Gasteiger partial charge is 0.306 e. The summed E-state index contributed by atoms with van der Waals surface area (Å²) in [6, 6.07) is 10.3. The van der Waals surface area contributed by atoms with E-state index < -0.39 is 5.60 Å². The van der Waals surface area contributed by atoms with Gasteiger partial charge < -0.3 is 9.64 Å². The van der Waals surface area contributed by atoms with E-state index in [-0.39, 0.29) is 5.97 Å². The van der Waals surface area contributed by atoms with Crippen LogP contribution in [0, 0.1) is 5.92 Å². The number of hydrogen-bond donors (Lipinski definition) is 0. The second-order valence-corrected chi connectivity index (χ2v) is 6.08. The Kier molecular flexibility index (Phi) is 5.40. The summed E-state index contributed by atoms with van der Waals surface area (Å²) in [5.74, 6) is 0.280. The van der Waals surface area contributed by atoms with Crippen molar-refractivity contribution in [2.75, 3.05) is 20.1 Å². The molecule has 0 amide bonds. The number of carbonyl (C=O) groups is 1. The Bertz CT molecular complexity index is 460. The maximum Gasteiger partial charge on any atom is 0.306 e. The van der Waals surface area contributed by atoms with Gasteiger partial charge in [-0.25, -0.2) is 0 Å². The summed E-state index contributed by atoms with van der Waals surface area (Å²) in [5, 5.41) is 0. The zero-order valence-electron chi connectivity index (χ0n) is 13.5. The lowest BCUT2D eigenvalue weighted by Crippen LogP contribution is -2.41. The second kappa shape index (κ2) is 7.08. The van der Waals surface area contributed by atoms with Crippen molar-refractivity contribution in [1.82, 2.24) is 4.90 Å². The van der Waals surface area contributed by atoms with Gasteiger partial charge >= 0.3 is 5.97 Å². The molecule has 0 spiro atoms. The van der Waals surface area contributed by atoms with Gasteiger partial charge in [0.15, 0.2) is 0 Å². The summed E-state index contributed by atoms with van der Waals surface area (Å²) in [6.45, 7) is 6.10. The molecule has 1 fully saturated rings. The van der Waals surface area contributed by atoms with Gasteiger partial charge in [0.05, 0.1) is 0 Å². The maximum atomic E-state index is 12.1. The first-order chi connectivity index (χ1) is 10.1. The van der Waals surface area contributed by atoms with E-state index in [2.05, 4.69) is 31.0 Å². The lowest BCUT2D eigenvalue weighted by Gasteiger charge is -2.39. The van der Waals surface area contributed by atoms with Gasteiger partial charge in [-0.05, 0) is 32.0 Å². The average Bonchev–Trinajstić information content (AvgIpc) is 2.94. The number of benzene rings is 1. The minimum Gasteiger partial charge on any atom is -0.454 e. The molecule has 1 aliphatic rings. The van der Waals surface area contributed by atoms with Gasteiger partial charge in [0.25, 0.3) is 0 Å². The predicted octanol–water partition coefficient (Wildman–Crippen LogP) is 3.59. The van der Waals surface area contributed by atoms with Crippen molar-refractivity contribution in [3.8, 4) is 0 Å². The highest BCUT2D eigenvalue weighted by molar-refractivity contribution is 5.69. The fourth-order valence-corrected chi connectivity index (χ4v) is 3.46. The Labute approximate surface area is 128 Å². The van der Waals surface area contributed by atoms with Crippen molar-refractivity contribution in [3.63, 3.8) is 0 Å². The molecule has 1 saturated heterocycles. The molecule has 0 radical (unpaired) electrons. The van der Waals surface area contributed by atoms with Crippen LogP contribution in [0.3, 0.4) is 0 Å². The molecular formula is C18H27NO2. The Morgan fingerprint density at radius 1 is 1.33 bits per heavy atom. The van der Waals surface area contributed by atoms with Crippen LogP contribution in [0.25, 0.3) is 0 Å². The Morgan fingerprint density at radius 2 is 2.05 bits per heavy atom. The van der Waals surface area contributed by atoms with Crippen LogP contribution in [-0.2, 0) is 15.1 Å². The van der Waals surface area contributed by atoms with Crippen LogP contribution in [0.15, 0.2) is 30.3 Å². The van der Waals surface area contributed by atoms with Gasteiger partial charge in [-0.3, -0.25) is 4.79 Å². The van der Waals surface area contributed by atoms with Gasteiger partial charge in [0, 0.05) is 18.9 Å². The Hall–Kier alpha value is -1.35. The van der Waals surface area contributed by atoms with Crippen LogP contribution in [0.5, 0.6) is 0 Å². The predicted molar refractivity (Wildman–Crippen MR) is 85.0 cm³/mol. The number of hydrogen-bond acceptors (Lipinski definition) is 3. The highest BCUT2D eigenvalue weighted by atomic mass is 16.6. The minimum absolute atomic E-state index is 0.0955. The number of nitrogens with zero attached hydrogens (tertiary/aromatic N) is 1. The molecular weight excluding hydrogens is 262 g/mol. The molecule has 0 bridgehead atoms. The summed E-state index contributed by atoms with van der Waals surface area (Å²) in [4.78, 5) is 14.4. The zero-order valence-corrected chi connectivity index (χ0v) is 13.5. The normalized spacial score (nSPS) is 22.0. The van der Waals surface area contributed by atoms with E-state index >= 15 is 0 Å². The van der Waals surface area contributed by atoms with Gasteiger partial charge in [-0.1, -0.05) is 50.6 Å². The Morgan fingerprint density at radius 3 is 2.57 bits per heavy atom. The van der Waals surface area contributed by atoms with Crippen molar-refractivity contribution >= 4 is 5.97 Å². The van der Waals surface area contributed by atoms with Crippen LogP contribution < -0.4 is 0 Å².